The van der Waals surface area contributed by atoms with E-state index >= 15 is 0 Å². The summed E-state index contributed by atoms with van der Waals surface area (Å²) >= 11 is 0. The summed E-state index contributed by atoms with van der Waals surface area (Å²) in [5.74, 6) is 1.43. The van der Waals surface area contributed by atoms with Crippen molar-refractivity contribution in [3.8, 4) is 11.5 Å². The molecule has 30 heavy (non-hydrogen) atoms. The molecule has 160 valence electrons. The molecule has 1 aliphatic heterocycles. The fourth-order valence-electron chi connectivity index (χ4n) is 3.03. The summed E-state index contributed by atoms with van der Waals surface area (Å²) in [7, 11) is 0. The highest BCUT2D eigenvalue weighted by molar-refractivity contribution is 5.71. The molecule has 2 aromatic rings. The number of para-hydroxylation sites is 1. The van der Waals surface area contributed by atoms with Gasteiger partial charge < -0.3 is 14.4 Å². The van der Waals surface area contributed by atoms with Crippen LogP contribution in [0.4, 0.5) is 18.0 Å². The summed E-state index contributed by atoms with van der Waals surface area (Å²) < 4.78 is 47.8. The number of halogens is 3. The lowest BCUT2D eigenvalue weighted by Gasteiger charge is -2.34. The van der Waals surface area contributed by atoms with E-state index in [2.05, 4.69) is 9.64 Å². The number of aldehydes is 1. The van der Waals surface area contributed by atoms with E-state index < -0.39 is 24.7 Å². The molecule has 0 radical (unpaired) electrons. The number of carbonyl (C=O) groups excluding carboxylic acids is 2. The van der Waals surface area contributed by atoms with Gasteiger partial charge >= 0.3 is 12.3 Å². The molecule has 1 fully saturated rings. The van der Waals surface area contributed by atoms with Gasteiger partial charge in [0, 0.05) is 32.7 Å². The SMILES string of the molecule is O=CC(OC(=O)N1CCN(Cc2cccc(Oc3ccccc3)c2)CC1)C(F)(F)F. The molecular formula is C21H21F3N2O4. The van der Waals surface area contributed by atoms with Crippen molar-refractivity contribution in [3.63, 3.8) is 0 Å². The quantitative estimate of drug-likeness (QED) is 0.662. The molecular weight excluding hydrogens is 401 g/mol. The third-order valence-corrected chi connectivity index (χ3v) is 4.59. The van der Waals surface area contributed by atoms with Crippen LogP contribution in [-0.4, -0.2) is 60.6 Å². The average molecular weight is 422 g/mol. The molecule has 0 saturated carbocycles. The van der Waals surface area contributed by atoms with Crippen LogP contribution in [-0.2, 0) is 16.1 Å². The molecule has 1 amide bonds. The molecule has 1 saturated heterocycles. The predicted molar refractivity (Wildman–Crippen MR) is 102 cm³/mol. The first-order chi connectivity index (χ1) is 14.3. The molecule has 2 aromatic carbocycles. The van der Waals surface area contributed by atoms with E-state index in [0.717, 1.165) is 11.3 Å². The summed E-state index contributed by atoms with van der Waals surface area (Å²) in [5.41, 5.74) is 1.01. The number of alkyl halides is 3. The average Bonchev–Trinajstić information content (AvgIpc) is 2.72. The van der Waals surface area contributed by atoms with Gasteiger partial charge in [0.05, 0.1) is 0 Å². The Morgan fingerprint density at radius 1 is 1.00 bits per heavy atom. The molecule has 1 atom stereocenters. The van der Waals surface area contributed by atoms with Crippen LogP contribution in [0.2, 0.25) is 0 Å². The highest BCUT2D eigenvalue weighted by Crippen LogP contribution is 2.24. The van der Waals surface area contributed by atoms with Crippen molar-refractivity contribution in [2.45, 2.75) is 18.8 Å². The molecule has 1 unspecified atom stereocenters. The highest BCUT2D eigenvalue weighted by atomic mass is 19.4. The van der Waals surface area contributed by atoms with Gasteiger partial charge in [0.2, 0.25) is 0 Å². The van der Waals surface area contributed by atoms with Crippen LogP contribution in [0.3, 0.4) is 0 Å². The smallest absolute Gasteiger partial charge is 0.432 e. The number of rotatable bonds is 6. The van der Waals surface area contributed by atoms with E-state index in [0.29, 0.717) is 25.4 Å². The summed E-state index contributed by atoms with van der Waals surface area (Å²) in [6, 6.07) is 17.0. The predicted octanol–water partition coefficient (Wildman–Crippen LogP) is 3.86. The Hall–Kier alpha value is -3.07. The van der Waals surface area contributed by atoms with Gasteiger partial charge in [-0.05, 0) is 29.8 Å². The molecule has 3 rings (SSSR count). The van der Waals surface area contributed by atoms with E-state index in [9.17, 15) is 22.8 Å². The van der Waals surface area contributed by atoms with Crippen molar-refractivity contribution >= 4 is 12.4 Å². The number of nitrogens with zero attached hydrogens (tertiary/aromatic N) is 2. The van der Waals surface area contributed by atoms with Crippen molar-refractivity contribution in [3.05, 3.63) is 60.2 Å². The normalized spacial score (nSPS) is 16.0. The van der Waals surface area contributed by atoms with Crippen molar-refractivity contribution in [1.82, 2.24) is 9.80 Å². The zero-order valence-electron chi connectivity index (χ0n) is 16.0. The maximum absolute atomic E-state index is 12.6. The molecule has 9 heteroatoms. The molecule has 6 nitrogen and oxygen atoms in total. The van der Waals surface area contributed by atoms with Gasteiger partial charge in [-0.25, -0.2) is 4.79 Å². The second-order valence-electron chi connectivity index (χ2n) is 6.81. The Morgan fingerprint density at radius 3 is 2.30 bits per heavy atom. The Kier molecular flexibility index (Phi) is 6.94. The molecule has 0 aromatic heterocycles. The number of amides is 1. The summed E-state index contributed by atoms with van der Waals surface area (Å²) in [4.78, 5) is 25.7. The van der Waals surface area contributed by atoms with Crippen molar-refractivity contribution in [2.75, 3.05) is 26.2 Å². The Labute approximate surface area is 171 Å². The number of hydrogen-bond acceptors (Lipinski definition) is 5. The third kappa shape index (κ3) is 5.96. The summed E-state index contributed by atoms with van der Waals surface area (Å²) in [5, 5.41) is 0. The highest BCUT2D eigenvalue weighted by Gasteiger charge is 2.43. The Balaban J connectivity index is 1.50. The lowest BCUT2D eigenvalue weighted by atomic mass is 10.2. The molecule has 0 N–H and O–H groups in total. The standard InChI is InChI=1S/C21H21F3N2O4/c22-21(23,24)19(15-27)30-20(28)26-11-9-25(10-12-26)14-16-5-4-8-18(13-16)29-17-6-2-1-3-7-17/h1-8,13,15,19H,9-12,14H2. The van der Waals surface area contributed by atoms with Gasteiger partial charge in [-0.1, -0.05) is 30.3 Å². The van der Waals surface area contributed by atoms with Crippen LogP contribution in [0.25, 0.3) is 0 Å². The van der Waals surface area contributed by atoms with Crippen molar-refractivity contribution < 1.29 is 32.2 Å². The number of piperazine rings is 1. The fourth-order valence-corrected chi connectivity index (χ4v) is 3.03. The first-order valence-electron chi connectivity index (χ1n) is 9.37. The lowest BCUT2D eigenvalue weighted by molar-refractivity contribution is -0.199. The van der Waals surface area contributed by atoms with Crippen LogP contribution in [0, 0.1) is 0 Å². The van der Waals surface area contributed by atoms with Crippen LogP contribution in [0.1, 0.15) is 5.56 Å². The van der Waals surface area contributed by atoms with Gasteiger partial charge in [-0.3, -0.25) is 9.69 Å². The molecule has 1 aliphatic rings. The van der Waals surface area contributed by atoms with E-state index in [-0.39, 0.29) is 13.1 Å². The third-order valence-electron chi connectivity index (χ3n) is 4.59. The first-order valence-corrected chi connectivity index (χ1v) is 9.37. The molecule has 0 aliphatic carbocycles. The van der Waals surface area contributed by atoms with Gasteiger partial charge in [-0.15, -0.1) is 0 Å². The topological polar surface area (TPSA) is 59.1 Å². The second kappa shape index (κ2) is 9.62. The maximum Gasteiger partial charge on any atom is 0.432 e. The number of benzene rings is 2. The van der Waals surface area contributed by atoms with Crippen molar-refractivity contribution in [2.24, 2.45) is 0 Å². The molecule has 0 bridgehead atoms. The molecule has 0 spiro atoms. The van der Waals surface area contributed by atoms with Crippen molar-refractivity contribution in [1.29, 1.82) is 0 Å². The minimum Gasteiger partial charge on any atom is -0.457 e. The second-order valence-corrected chi connectivity index (χ2v) is 6.81. The minimum absolute atomic E-state index is 0.211. The van der Waals surface area contributed by atoms with E-state index in [1.165, 1.54) is 4.90 Å². The van der Waals surface area contributed by atoms with E-state index in [1.807, 2.05) is 54.6 Å². The largest absolute Gasteiger partial charge is 0.457 e. The van der Waals surface area contributed by atoms with Crippen LogP contribution in [0.5, 0.6) is 11.5 Å². The van der Waals surface area contributed by atoms with Gasteiger partial charge in [-0.2, -0.15) is 13.2 Å². The Bertz CT molecular complexity index is 853. The van der Waals surface area contributed by atoms with Crippen LogP contribution in [0.15, 0.2) is 54.6 Å². The maximum atomic E-state index is 12.6. The zero-order chi connectivity index (χ0) is 21.6. The molecule has 1 heterocycles. The number of ether oxygens (including phenoxy) is 2. The summed E-state index contributed by atoms with van der Waals surface area (Å²) in [6.45, 7) is 1.96. The first kappa shape index (κ1) is 21.6. The zero-order valence-corrected chi connectivity index (χ0v) is 16.0. The number of hydrogen-bond donors (Lipinski definition) is 0. The van der Waals surface area contributed by atoms with E-state index in [1.54, 1.807) is 0 Å². The summed E-state index contributed by atoms with van der Waals surface area (Å²) in [6.07, 6.45) is -9.21. The van der Waals surface area contributed by atoms with Crippen LogP contribution < -0.4 is 4.74 Å². The fraction of sp³-hybridized carbons (Fsp3) is 0.333. The van der Waals surface area contributed by atoms with Gasteiger partial charge in [0.15, 0.2) is 6.29 Å². The number of carbonyl (C=O) groups is 2. The minimum atomic E-state index is -4.91. The van der Waals surface area contributed by atoms with Gasteiger partial charge in [0.1, 0.15) is 11.5 Å². The van der Waals surface area contributed by atoms with Crippen LogP contribution >= 0.6 is 0 Å². The monoisotopic (exact) mass is 422 g/mol. The lowest BCUT2D eigenvalue weighted by Crippen LogP contribution is -2.50. The Morgan fingerprint density at radius 2 is 1.67 bits per heavy atom. The van der Waals surface area contributed by atoms with Gasteiger partial charge in [0.25, 0.3) is 6.10 Å². The van der Waals surface area contributed by atoms with E-state index in [4.69, 9.17) is 4.74 Å².